The highest BCUT2D eigenvalue weighted by Gasteiger charge is 2.17. The van der Waals surface area contributed by atoms with Crippen molar-refractivity contribution in [3.8, 4) is 56.4 Å². The van der Waals surface area contributed by atoms with Crippen LogP contribution in [0.25, 0.3) is 84.0 Å². The first-order chi connectivity index (χ1) is 23.3. The molecule has 47 heavy (non-hydrogen) atoms. The summed E-state index contributed by atoms with van der Waals surface area (Å²) in [6, 6.07) is 46.9. The molecule has 9 rings (SSSR count). The minimum Gasteiger partial charge on any atom is -0.253 e. The molecule has 0 radical (unpaired) electrons. The second-order valence-electron chi connectivity index (χ2n) is 11.3. The minimum absolute atomic E-state index is 0.643. The number of hydrogen-bond acceptors (Lipinski definition) is 6. The lowest BCUT2D eigenvalue weighted by Crippen LogP contribution is -1.97. The molecule has 220 valence electrons. The number of nitrogens with zero attached hydrogens (tertiary/aromatic N) is 7. The Morgan fingerprint density at radius 1 is 0.426 bits per heavy atom. The Morgan fingerprint density at radius 3 is 1.81 bits per heavy atom. The second kappa shape index (κ2) is 11.1. The Labute approximate surface area is 269 Å². The van der Waals surface area contributed by atoms with E-state index in [1.165, 1.54) is 0 Å². The zero-order valence-electron chi connectivity index (χ0n) is 25.1. The van der Waals surface area contributed by atoms with Gasteiger partial charge in [-0.1, -0.05) is 109 Å². The van der Waals surface area contributed by atoms with Crippen molar-refractivity contribution < 1.29 is 0 Å². The van der Waals surface area contributed by atoms with Gasteiger partial charge >= 0.3 is 0 Å². The summed E-state index contributed by atoms with van der Waals surface area (Å²) in [5, 5.41) is 5.88. The normalized spacial score (nSPS) is 11.4. The summed E-state index contributed by atoms with van der Waals surface area (Å²) in [5.74, 6) is 1.33. The lowest BCUT2D eigenvalue weighted by Gasteiger charge is -2.11. The Balaban J connectivity index is 1.21. The minimum atomic E-state index is 0.643. The van der Waals surface area contributed by atoms with Crippen LogP contribution >= 0.6 is 0 Å². The van der Waals surface area contributed by atoms with Crippen molar-refractivity contribution in [3.63, 3.8) is 0 Å². The largest absolute Gasteiger partial charge is 0.253 e. The smallest absolute Gasteiger partial charge is 0.183 e. The van der Waals surface area contributed by atoms with Crippen LogP contribution in [0.5, 0.6) is 0 Å². The van der Waals surface area contributed by atoms with E-state index in [4.69, 9.17) is 25.0 Å². The van der Waals surface area contributed by atoms with Gasteiger partial charge in [0.1, 0.15) is 5.52 Å². The molecule has 5 aromatic heterocycles. The van der Waals surface area contributed by atoms with Crippen LogP contribution in [0.2, 0.25) is 0 Å². The first kappa shape index (κ1) is 26.8. The summed E-state index contributed by atoms with van der Waals surface area (Å²) in [4.78, 5) is 24.6. The molecule has 7 heteroatoms. The summed E-state index contributed by atoms with van der Waals surface area (Å²) in [6.07, 6.45) is 3.70. The van der Waals surface area contributed by atoms with Crippen LogP contribution in [-0.4, -0.2) is 34.5 Å². The molecule has 0 atom stereocenters. The van der Waals surface area contributed by atoms with Crippen LogP contribution in [-0.2, 0) is 0 Å². The molecule has 0 N–H and O–H groups in total. The Kier molecular flexibility index (Phi) is 6.31. The van der Waals surface area contributed by atoms with Crippen molar-refractivity contribution in [2.75, 3.05) is 0 Å². The second-order valence-corrected chi connectivity index (χ2v) is 11.3. The number of aromatic nitrogens is 7. The van der Waals surface area contributed by atoms with E-state index in [0.29, 0.717) is 17.3 Å². The third-order valence-corrected chi connectivity index (χ3v) is 8.33. The van der Waals surface area contributed by atoms with E-state index >= 15 is 0 Å². The van der Waals surface area contributed by atoms with Crippen LogP contribution in [0.1, 0.15) is 0 Å². The topological polar surface area (TPSA) is 81.8 Å². The summed E-state index contributed by atoms with van der Waals surface area (Å²) in [5.41, 5.74) is 10.8. The molecular weight excluding hydrogens is 578 g/mol. The highest BCUT2D eigenvalue weighted by molar-refractivity contribution is 6.08. The molecule has 7 nitrogen and oxygen atoms in total. The van der Waals surface area contributed by atoms with Crippen LogP contribution in [0, 0.1) is 0 Å². The Morgan fingerprint density at radius 2 is 1.06 bits per heavy atom. The summed E-state index contributed by atoms with van der Waals surface area (Å²) >= 11 is 0. The van der Waals surface area contributed by atoms with Crippen molar-refractivity contribution in [1.29, 1.82) is 0 Å². The maximum Gasteiger partial charge on any atom is 0.183 e. The molecule has 4 aromatic carbocycles. The molecular formula is C40H25N7. The number of rotatable bonds is 5. The molecule has 0 amide bonds. The highest BCUT2D eigenvalue weighted by atomic mass is 15.3. The monoisotopic (exact) mass is 603 g/mol. The van der Waals surface area contributed by atoms with Crippen molar-refractivity contribution in [2.45, 2.75) is 0 Å². The zero-order chi connectivity index (χ0) is 31.2. The average molecular weight is 604 g/mol. The highest BCUT2D eigenvalue weighted by Crippen LogP contribution is 2.33. The summed E-state index contributed by atoms with van der Waals surface area (Å²) in [7, 11) is 0. The van der Waals surface area contributed by atoms with Gasteiger partial charge in [-0.25, -0.2) is 19.5 Å². The molecule has 9 aromatic rings. The van der Waals surface area contributed by atoms with Gasteiger partial charge in [0.15, 0.2) is 17.3 Å². The van der Waals surface area contributed by atoms with E-state index in [0.717, 1.165) is 66.7 Å². The molecule has 0 fully saturated rings. The quantitative estimate of drug-likeness (QED) is 0.183. The molecule has 0 unspecified atom stereocenters. The predicted octanol–water partition coefficient (Wildman–Crippen LogP) is 8.95. The van der Waals surface area contributed by atoms with Crippen LogP contribution in [0.4, 0.5) is 0 Å². The average Bonchev–Trinajstić information content (AvgIpc) is 3.62. The van der Waals surface area contributed by atoms with Crippen molar-refractivity contribution in [3.05, 3.63) is 152 Å². The molecule has 0 aliphatic carbocycles. The molecule has 0 saturated carbocycles. The SMILES string of the molecule is c1ccc(-c2cc(-c3cccc(-c4cnc5c6cccnc6c6nc(-c7ccccc7)nn6c5c4)c3)nc(-c3ccccc3)n2)cc1. The summed E-state index contributed by atoms with van der Waals surface area (Å²) in [6.45, 7) is 0. The molecule has 0 spiro atoms. The van der Waals surface area contributed by atoms with Gasteiger partial charge in [0.25, 0.3) is 0 Å². The van der Waals surface area contributed by atoms with Crippen molar-refractivity contribution in [1.82, 2.24) is 34.5 Å². The van der Waals surface area contributed by atoms with E-state index in [-0.39, 0.29) is 0 Å². The fourth-order valence-electron chi connectivity index (χ4n) is 6.02. The van der Waals surface area contributed by atoms with E-state index in [9.17, 15) is 0 Å². The molecule has 0 saturated heterocycles. The number of benzene rings is 4. The first-order valence-electron chi connectivity index (χ1n) is 15.4. The number of hydrogen-bond donors (Lipinski definition) is 0. The molecule has 0 bridgehead atoms. The van der Waals surface area contributed by atoms with E-state index in [2.05, 4.69) is 53.5 Å². The van der Waals surface area contributed by atoms with E-state index < -0.39 is 0 Å². The van der Waals surface area contributed by atoms with E-state index in [1.54, 1.807) is 6.20 Å². The van der Waals surface area contributed by atoms with Crippen LogP contribution in [0.15, 0.2) is 152 Å². The van der Waals surface area contributed by atoms with Gasteiger partial charge in [-0.3, -0.25) is 9.97 Å². The lowest BCUT2D eigenvalue weighted by atomic mass is 10.0. The third kappa shape index (κ3) is 4.78. The van der Waals surface area contributed by atoms with Crippen LogP contribution < -0.4 is 0 Å². The Hall–Kier alpha value is -6.60. The van der Waals surface area contributed by atoms with Gasteiger partial charge in [0.2, 0.25) is 0 Å². The van der Waals surface area contributed by atoms with Gasteiger partial charge in [0.05, 0.1) is 22.4 Å². The van der Waals surface area contributed by atoms with Crippen LogP contribution in [0.3, 0.4) is 0 Å². The van der Waals surface area contributed by atoms with Gasteiger partial charge in [-0.05, 0) is 35.9 Å². The third-order valence-electron chi connectivity index (χ3n) is 8.33. The van der Waals surface area contributed by atoms with Gasteiger partial charge in [-0.15, -0.1) is 5.10 Å². The fourth-order valence-corrected chi connectivity index (χ4v) is 6.02. The van der Waals surface area contributed by atoms with E-state index in [1.807, 2.05) is 102 Å². The molecule has 5 heterocycles. The van der Waals surface area contributed by atoms with Gasteiger partial charge < -0.3 is 0 Å². The molecule has 0 aliphatic rings. The predicted molar refractivity (Wildman–Crippen MR) is 186 cm³/mol. The number of pyridine rings is 3. The fraction of sp³-hybridized carbons (Fsp3) is 0. The lowest BCUT2D eigenvalue weighted by molar-refractivity contribution is 1.01. The van der Waals surface area contributed by atoms with Gasteiger partial charge in [-0.2, -0.15) is 0 Å². The maximum atomic E-state index is 5.03. The van der Waals surface area contributed by atoms with Crippen molar-refractivity contribution >= 4 is 27.6 Å². The van der Waals surface area contributed by atoms with Gasteiger partial charge in [0, 0.05) is 45.6 Å². The van der Waals surface area contributed by atoms with Crippen molar-refractivity contribution in [2.24, 2.45) is 0 Å². The first-order valence-corrected chi connectivity index (χ1v) is 15.4. The number of fused-ring (bicyclic) bond motifs is 6. The summed E-state index contributed by atoms with van der Waals surface area (Å²) < 4.78 is 1.87. The Bertz CT molecular complexity index is 2510. The zero-order valence-corrected chi connectivity index (χ0v) is 25.1. The maximum absolute atomic E-state index is 5.03. The molecule has 0 aliphatic heterocycles. The standard InChI is InChI=1S/C40H25N7/c1-4-12-26(13-5-1)33-24-34(44-38(43-33)27-14-6-2-7-15-27)30-19-10-18-29(22-30)31-23-35-36(42-25-31)32-20-11-21-41-37(32)40-45-39(46-47(35)40)28-16-8-3-9-17-28/h1-25H.